The van der Waals surface area contributed by atoms with Crippen molar-refractivity contribution in [1.82, 2.24) is 4.98 Å². The molecule has 1 aromatic heterocycles. The first-order valence-electron chi connectivity index (χ1n) is 6.42. The van der Waals surface area contributed by atoms with Crippen LogP contribution in [-0.2, 0) is 0 Å². The van der Waals surface area contributed by atoms with Gasteiger partial charge in [-0.3, -0.25) is 0 Å². The molecule has 20 heavy (non-hydrogen) atoms. The number of nitrogens with zero attached hydrogens (tertiary/aromatic N) is 1. The number of pyridine rings is 1. The topological polar surface area (TPSA) is 31.4 Å². The minimum atomic E-state index is 0.705. The Bertz CT molecular complexity index is 633. The summed E-state index contributed by atoms with van der Waals surface area (Å²) in [5.74, 6) is 1.65. The molecule has 0 spiro atoms. The molecule has 3 rings (SSSR count). The van der Waals surface area contributed by atoms with Crippen LogP contribution >= 0.6 is 27.7 Å². The number of fused-ring (bicyclic) bond motifs is 1. The van der Waals surface area contributed by atoms with Crippen LogP contribution in [-0.4, -0.2) is 18.2 Å². The average molecular weight is 352 g/mol. The lowest BCUT2D eigenvalue weighted by Crippen LogP contribution is -1.97. The first-order valence-corrected chi connectivity index (χ1v) is 8.03. The summed E-state index contributed by atoms with van der Waals surface area (Å²) in [5, 5.41) is 1.00. The quantitative estimate of drug-likeness (QED) is 0.798. The van der Waals surface area contributed by atoms with Gasteiger partial charge in [0.25, 0.3) is 0 Å². The molecule has 0 saturated carbocycles. The van der Waals surface area contributed by atoms with Crippen LogP contribution in [0.3, 0.4) is 0 Å². The molecule has 2 aromatic rings. The summed E-state index contributed by atoms with van der Waals surface area (Å²) in [7, 11) is 0. The van der Waals surface area contributed by atoms with Gasteiger partial charge in [0.1, 0.15) is 5.03 Å². The fourth-order valence-electron chi connectivity index (χ4n) is 1.95. The molecule has 1 aliphatic rings. The summed E-state index contributed by atoms with van der Waals surface area (Å²) in [5.41, 5.74) is 1.15. The van der Waals surface area contributed by atoms with Gasteiger partial charge in [-0.2, -0.15) is 0 Å². The summed E-state index contributed by atoms with van der Waals surface area (Å²) >= 11 is 5.07. The molecule has 1 aliphatic heterocycles. The van der Waals surface area contributed by atoms with Crippen molar-refractivity contribution in [2.24, 2.45) is 0 Å². The molecular weight excluding hydrogens is 338 g/mol. The highest BCUT2D eigenvalue weighted by Crippen LogP contribution is 2.37. The van der Waals surface area contributed by atoms with Crippen LogP contribution in [0.5, 0.6) is 11.5 Å². The van der Waals surface area contributed by atoms with Gasteiger partial charge in [-0.25, -0.2) is 4.98 Å². The van der Waals surface area contributed by atoms with Crippen LogP contribution in [0.4, 0.5) is 0 Å². The van der Waals surface area contributed by atoms with Crippen molar-refractivity contribution < 1.29 is 9.47 Å². The zero-order valence-electron chi connectivity index (χ0n) is 11.1. The molecule has 0 amide bonds. The fourth-order valence-corrected chi connectivity index (χ4v) is 3.25. The van der Waals surface area contributed by atoms with Crippen molar-refractivity contribution in [3.8, 4) is 11.5 Å². The minimum absolute atomic E-state index is 0.705. The second-order valence-corrected chi connectivity index (χ2v) is 6.51. The Balaban J connectivity index is 1.86. The third-order valence-electron chi connectivity index (χ3n) is 2.93. The van der Waals surface area contributed by atoms with Crippen molar-refractivity contribution >= 4 is 27.7 Å². The lowest BCUT2D eigenvalue weighted by atomic mass is 10.3. The molecule has 0 radical (unpaired) electrons. The predicted molar refractivity (Wildman–Crippen MR) is 82.8 cm³/mol. The van der Waals surface area contributed by atoms with Crippen LogP contribution in [0, 0.1) is 6.92 Å². The van der Waals surface area contributed by atoms with E-state index in [9.17, 15) is 0 Å². The summed E-state index contributed by atoms with van der Waals surface area (Å²) < 4.78 is 12.3. The molecule has 2 heterocycles. The van der Waals surface area contributed by atoms with E-state index in [-0.39, 0.29) is 0 Å². The smallest absolute Gasteiger partial charge is 0.162 e. The summed E-state index contributed by atoms with van der Waals surface area (Å²) in [6.07, 6.45) is 2.74. The molecule has 3 nitrogen and oxygen atoms in total. The molecule has 0 saturated heterocycles. The van der Waals surface area contributed by atoms with Crippen molar-refractivity contribution in [2.75, 3.05) is 13.2 Å². The van der Waals surface area contributed by atoms with Crippen molar-refractivity contribution in [3.63, 3.8) is 0 Å². The van der Waals surface area contributed by atoms with Gasteiger partial charge in [0.2, 0.25) is 0 Å². The molecule has 1 aromatic carbocycles. The number of rotatable bonds is 2. The molecule has 5 heteroatoms. The number of ether oxygens (including phenoxy) is 2. The van der Waals surface area contributed by atoms with Crippen molar-refractivity contribution in [1.29, 1.82) is 0 Å². The minimum Gasteiger partial charge on any atom is -0.490 e. The monoisotopic (exact) mass is 351 g/mol. The third-order valence-corrected chi connectivity index (χ3v) is 4.47. The van der Waals surface area contributed by atoms with E-state index in [2.05, 4.69) is 33.9 Å². The van der Waals surface area contributed by atoms with Gasteiger partial charge < -0.3 is 9.47 Å². The van der Waals surface area contributed by atoms with Crippen LogP contribution in [0.25, 0.3) is 0 Å². The maximum Gasteiger partial charge on any atom is 0.162 e. The van der Waals surface area contributed by atoms with Crippen LogP contribution in [0.2, 0.25) is 0 Å². The van der Waals surface area contributed by atoms with E-state index >= 15 is 0 Å². The normalized spacial score (nSPS) is 13.9. The maximum atomic E-state index is 5.71. The van der Waals surface area contributed by atoms with Crippen LogP contribution < -0.4 is 9.47 Å². The van der Waals surface area contributed by atoms with Crippen molar-refractivity contribution in [2.45, 2.75) is 23.3 Å². The van der Waals surface area contributed by atoms with Gasteiger partial charge in [0.05, 0.1) is 13.2 Å². The Kier molecular flexibility index (Phi) is 4.17. The third kappa shape index (κ3) is 3.10. The Hall–Kier alpha value is -1.20. The fraction of sp³-hybridized carbons (Fsp3) is 0.267. The van der Waals surface area contributed by atoms with Crippen LogP contribution in [0.1, 0.15) is 12.0 Å². The zero-order chi connectivity index (χ0) is 13.9. The predicted octanol–water partition coefficient (Wildman–Crippen LogP) is 4.47. The zero-order valence-corrected chi connectivity index (χ0v) is 13.5. The van der Waals surface area contributed by atoms with Gasteiger partial charge in [-0.05, 0) is 52.7 Å². The van der Waals surface area contributed by atoms with E-state index in [4.69, 9.17) is 9.47 Å². The van der Waals surface area contributed by atoms with E-state index in [0.717, 1.165) is 37.9 Å². The standard InChI is InChI=1S/C15H14BrNO2S/c1-10-7-11(16)9-17-15(10)20-12-3-4-13-14(8-12)19-6-2-5-18-13/h3-4,7-9H,2,5-6H2,1H3. The lowest BCUT2D eigenvalue weighted by Gasteiger charge is -2.09. The van der Waals surface area contributed by atoms with Gasteiger partial charge in [0.15, 0.2) is 11.5 Å². The lowest BCUT2D eigenvalue weighted by molar-refractivity contribution is 0.297. The molecule has 104 valence electrons. The molecule has 0 aliphatic carbocycles. The first-order chi connectivity index (χ1) is 9.72. The highest BCUT2D eigenvalue weighted by atomic mass is 79.9. The number of hydrogen-bond donors (Lipinski definition) is 0. The highest BCUT2D eigenvalue weighted by Gasteiger charge is 2.12. The second-order valence-electron chi connectivity index (χ2n) is 4.54. The Labute approximate surface area is 130 Å². The van der Waals surface area contributed by atoms with E-state index in [1.165, 1.54) is 0 Å². The molecule has 0 N–H and O–H groups in total. The largest absolute Gasteiger partial charge is 0.490 e. The van der Waals surface area contributed by atoms with Gasteiger partial charge in [-0.1, -0.05) is 11.8 Å². The Morgan fingerprint density at radius 1 is 1.15 bits per heavy atom. The number of aromatic nitrogens is 1. The van der Waals surface area contributed by atoms with E-state index in [1.807, 2.05) is 24.4 Å². The second kappa shape index (κ2) is 6.06. The molecular formula is C15H14BrNO2S. The van der Waals surface area contributed by atoms with Gasteiger partial charge in [0, 0.05) is 22.0 Å². The number of halogens is 1. The summed E-state index contributed by atoms with van der Waals surface area (Å²) in [6, 6.07) is 8.10. The van der Waals surface area contributed by atoms with E-state index in [0.29, 0.717) is 13.2 Å². The average Bonchev–Trinajstić information content (AvgIpc) is 2.66. The molecule has 0 bridgehead atoms. The Morgan fingerprint density at radius 2 is 1.95 bits per heavy atom. The number of benzene rings is 1. The van der Waals surface area contributed by atoms with Gasteiger partial charge in [-0.15, -0.1) is 0 Å². The number of aryl methyl sites for hydroxylation is 1. The van der Waals surface area contributed by atoms with E-state index in [1.54, 1.807) is 11.8 Å². The Morgan fingerprint density at radius 3 is 2.75 bits per heavy atom. The molecule has 0 atom stereocenters. The summed E-state index contributed by atoms with van der Waals surface area (Å²) in [6.45, 7) is 3.48. The van der Waals surface area contributed by atoms with Crippen molar-refractivity contribution in [3.05, 3.63) is 40.5 Å². The first kappa shape index (κ1) is 13.8. The molecule has 0 fully saturated rings. The van der Waals surface area contributed by atoms with Crippen LogP contribution in [0.15, 0.2) is 44.9 Å². The van der Waals surface area contributed by atoms with Gasteiger partial charge >= 0.3 is 0 Å². The highest BCUT2D eigenvalue weighted by molar-refractivity contribution is 9.10. The van der Waals surface area contributed by atoms with E-state index < -0.39 is 0 Å². The molecule has 0 unspecified atom stereocenters. The maximum absolute atomic E-state index is 5.71. The summed E-state index contributed by atoms with van der Waals surface area (Å²) in [4.78, 5) is 5.55. The SMILES string of the molecule is Cc1cc(Br)cnc1Sc1ccc2c(c1)OCCCO2. The number of hydrogen-bond acceptors (Lipinski definition) is 4.